The lowest BCUT2D eigenvalue weighted by molar-refractivity contribution is 0.0930. The van der Waals surface area contributed by atoms with Crippen LogP contribution in [0.1, 0.15) is 29.6 Å². The van der Waals surface area contributed by atoms with Gasteiger partial charge in [0, 0.05) is 24.7 Å². The summed E-state index contributed by atoms with van der Waals surface area (Å²) in [7, 11) is -3.17. The molecule has 2 fully saturated rings. The molecule has 0 aliphatic carbocycles. The molecule has 6 nitrogen and oxygen atoms in total. The predicted octanol–water partition coefficient (Wildman–Crippen LogP) is 0.708. The van der Waals surface area contributed by atoms with Crippen molar-refractivity contribution in [3.05, 3.63) is 29.8 Å². The van der Waals surface area contributed by atoms with Gasteiger partial charge in [-0.3, -0.25) is 9.10 Å². The van der Waals surface area contributed by atoms with Crippen molar-refractivity contribution in [2.24, 2.45) is 0 Å². The minimum Gasteiger partial charge on any atom is -0.348 e. The first kappa shape index (κ1) is 15.3. The van der Waals surface area contributed by atoms with Crippen molar-refractivity contribution in [3.8, 4) is 0 Å². The van der Waals surface area contributed by atoms with Crippen LogP contribution in [-0.2, 0) is 10.0 Å². The van der Waals surface area contributed by atoms with E-state index in [1.807, 2.05) is 0 Å². The Balaban J connectivity index is 1.67. The zero-order valence-corrected chi connectivity index (χ0v) is 13.2. The molecule has 2 aliphatic heterocycles. The van der Waals surface area contributed by atoms with E-state index in [0.717, 1.165) is 25.9 Å². The molecule has 0 spiro atoms. The van der Waals surface area contributed by atoms with Gasteiger partial charge in [0.15, 0.2) is 0 Å². The smallest absolute Gasteiger partial charge is 0.251 e. The third-order valence-electron chi connectivity index (χ3n) is 4.15. The third kappa shape index (κ3) is 3.25. The summed E-state index contributed by atoms with van der Waals surface area (Å²) < 4.78 is 25.2. The van der Waals surface area contributed by atoms with Gasteiger partial charge in [-0.1, -0.05) is 0 Å². The molecule has 0 aromatic heterocycles. The number of hydrogen-bond acceptors (Lipinski definition) is 4. The fourth-order valence-electron chi connectivity index (χ4n) is 2.95. The lowest BCUT2D eigenvalue weighted by Crippen LogP contribution is -2.45. The topological polar surface area (TPSA) is 78.5 Å². The van der Waals surface area contributed by atoms with Crippen molar-refractivity contribution in [1.29, 1.82) is 0 Å². The molecule has 120 valence electrons. The maximum absolute atomic E-state index is 12.2. The van der Waals surface area contributed by atoms with Crippen LogP contribution in [0, 0.1) is 0 Å². The zero-order chi connectivity index (χ0) is 15.6. The number of amides is 1. The number of nitrogens with zero attached hydrogens (tertiary/aromatic N) is 1. The Kier molecular flexibility index (Phi) is 4.35. The van der Waals surface area contributed by atoms with E-state index >= 15 is 0 Å². The molecule has 1 atom stereocenters. The van der Waals surface area contributed by atoms with Crippen molar-refractivity contribution < 1.29 is 13.2 Å². The highest BCUT2D eigenvalue weighted by molar-refractivity contribution is 7.93. The van der Waals surface area contributed by atoms with Crippen molar-refractivity contribution in [2.45, 2.75) is 25.3 Å². The molecule has 0 radical (unpaired) electrons. The number of hydrogen-bond donors (Lipinski definition) is 2. The van der Waals surface area contributed by atoms with Crippen molar-refractivity contribution in [1.82, 2.24) is 10.6 Å². The van der Waals surface area contributed by atoms with Gasteiger partial charge in [-0.2, -0.15) is 0 Å². The summed E-state index contributed by atoms with van der Waals surface area (Å²) in [5.74, 6) is 0.0914. The van der Waals surface area contributed by atoms with Gasteiger partial charge in [0.1, 0.15) is 0 Å². The lowest BCUT2D eigenvalue weighted by Gasteiger charge is -2.24. The lowest BCUT2D eigenvalue weighted by atomic mass is 10.1. The minimum atomic E-state index is -3.17. The Morgan fingerprint density at radius 1 is 1.23 bits per heavy atom. The monoisotopic (exact) mass is 323 g/mol. The molecule has 0 saturated carbocycles. The van der Waals surface area contributed by atoms with Crippen molar-refractivity contribution >= 4 is 21.6 Å². The standard InChI is InChI=1S/C15H21N3O3S/c19-15(17-13-3-1-8-16-11-13)12-4-6-14(7-5-12)18-9-2-10-22(18,20)21/h4-7,13,16H,1-3,8-11H2,(H,17,19)/t13-/m0/s1. The number of benzene rings is 1. The molecule has 2 heterocycles. The molecule has 2 N–H and O–H groups in total. The van der Waals surface area contributed by atoms with Gasteiger partial charge in [0.2, 0.25) is 10.0 Å². The Hall–Kier alpha value is -1.60. The fraction of sp³-hybridized carbons (Fsp3) is 0.533. The highest BCUT2D eigenvalue weighted by Gasteiger charge is 2.28. The second-order valence-corrected chi connectivity index (χ2v) is 7.82. The summed E-state index contributed by atoms with van der Waals surface area (Å²) in [6, 6.07) is 6.96. The maximum atomic E-state index is 12.2. The van der Waals surface area contributed by atoms with Crippen molar-refractivity contribution in [3.63, 3.8) is 0 Å². The number of carbonyl (C=O) groups is 1. The van der Waals surface area contributed by atoms with Crippen LogP contribution in [0.3, 0.4) is 0 Å². The number of rotatable bonds is 3. The van der Waals surface area contributed by atoms with E-state index in [-0.39, 0.29) is 17.7 Å². The van der Waals surface area contributed by atoms with E-state index in [1.54, 1.807) is 24.3 Å². The van der Waals surface area contributed by atoms with Crippen LogP contribution in [-0.4, -0.2) is 45.8 Å². The zero-order valence-electron chi connectivity index (χ0n) is 12.4. The molecular formula is C15H21N3O3S. The molecule has 0 unspecified atom stereocenters. The summed E-state index contributed by atoms with van der Waals surface area (Å²) >= 11 is 0. The molecule has 0 bridgehead atoms. The summed E-state index contributed by atoms with van der Waals surface area (Å²) in [5, 5.41) is 6.27. The van der Waals surface area contributed by atoms with Crippen LogP contribution < -0.4 is 14.9 Å². The average molecular weight is 323 g/mol. The van der Waals surface area contributed by atoms with Crippen LogP contribution in [0.2, 0.25) is 0 Å². The summed E-state index contributed by atoms with van der Waals surface area (Å²) in [6.07, 6.45) is 2.71. The Morgan fingerprint density at radius 3 is 2.59 bits per heavy atom. The van der Waals surface area contributed by atoms with E-state index in [0.29, 0.717) is 24.2 Å². The fourth-order valence-corrected chi connectivity index (χ4v) is 4.52. The van der Waals surface area contributed by atoms with Crippen LogP contribution in [0.15, 0.2) is 24.3 Å². The second-order valence-electron chi connectivity index (χ2n) is 5.81. The Bertz CT molecular complexity index is 637. The van der Waals surface area contributed by atoms with Gasteiger partial charge in [-0.15, -0.1) is 0 Å². The van der Waals surface area contributed by atoms with Crippen LogP contribution in [0.25, 0.3) is 0 Å². The number of carbonyl (C=O) groups excluding carboxylic acids is 1. The van der Waals surface area contributed by atoms with Gasteiger partial charge in [-0.25, -0.2) is 8.42 Å². The maximum Gasteiger partial charge on any atom is 0.251 e. The van der Waals surface area contributed by atoms with Crippen LogP contribution >= 0.6 is 0 Å². The molecule has 2 saturated heterocycles. The predicted molar refractivity (Wildman–Crippen MR) is 85.5 cm³/mol. The number of sulfonamides is 1. The summed E-state index contributed by atoms with van der Waals surface area (Å²) in [6.45, 7) is 2.32. The Morgan fingerprint density at radius 2 is 2.00 bits per heavy atom. The second kappa shape index (κ2) is 6.26. The minimum absolute atomic E-state index is 0.107. The highest BCUT2D eigenvalue weighted by atomic mass is 32.2. The van der Waals surface area contributed by atoms with E-state index in [9.17, 15) is 13.2 Å². The van der Waals surface area contributed by atoms with E-state index in [1.165, 1.54) is 4.31 Å². The SMILES string of the molecule is O=C(N[C@H]1CCCNC1)c1ccc(N2CCCS2(=O)=O)cc1. The summed E-state index contributed by atoms with van der Waals surface area (Å²) in [4.78, 5) is 12.2. The molecule has 1 amide bonds. The first-order valence-electron chi connectivity index (χ1n) is 7.68. The Labute approximate surface area is 130 Å². The number of piperidine rings is 1. The molecule has 1 aromatic rings. The van der Waals surface area contributed by atoms with Gasteiger partial charge in [-0.05, 0) is 50.1 Å². The van der Waals surface area contributed by atoms with Gasteiger partial charge < -0.3 is 10.6 Å². The molecule has 22 heavy (non-hydrogen) atoms. The summed E-state index contributed by atoms with van der Waals surface area (Å²) in [5.41, 5.74) is 1.19. The number of anilines is 1. The van der Waals surface area contributed by atoms with E-state index < -0.39 is 10.0 Å². The highest BCUT2D eigenvalue weighted by Crippen LogP contribution is 2.24. The normalized spacial score (nSPS) is 24.2. The molecule has 7 heteroatoms. The van der Waals surface area contributed by atoms with Gasteiger partial charge in [0.05, 0.1) is 11.4 Å². The first-order valence-corrected chi connectivity index (χ1v) is 9.29. The molecule has 2 aliphatic rings. The first-order chi connectivity index (χ1) is 10.6. The molecule has 3 rings (SSSR count). The van der Waals surface area contributed by atoms with Crippen molar-refractivity contribution in [2.75, 3.05) is 29.7 Å². The molecule has 1 aromatic carbocycles. The molecular weight excluding hydrogens is 302 g/mol. The largest absolute Gasteiger partial charge is 0.348 e. The number of nitrogens with one attached hydrogen (secondary N) is 2. The average Bonchev–Trinajstić information content (AvgIpc) is 2.88. The van der Waals surface area contributed by atoms with Gasteiger partial charge in [0.25, 0.3) is 5.91 Å². The van der Waals surface area contributed by atoms with Crippen LogP contribution in [0.4, 0.5) is 5.69 Å². The van der Waals surface area contributed by atoms with Gasteiger partial charge >= 0.3 is 0 Å². The van der Waals surface area contributed by atoms with E-state index in [2.05, 4.69) is 10.6 Å². The van der Waals surface area contributed by atoms with E-state index in [4.69, 9.17) is 0 Å². The third-order valence-corrected chi connectivity index (χ3v) is 6.02. The quantitative estimate of drug-likeness (QED) is 0.859. The van der Waals surface area contributed by atoms with Crippen LogP contribution in [0.5, 0.6) is 0 Å².